The molecule has 0 saturated heterocycles. The number of hydrogen-bond donors (Lipinski definition) is 1. The molecule has 4 nitrogen and oxygen atoms in total. The van der Waals surface area contributed by atoms with E-state index in [2.05, 4.69) is 31.2 Å². The van der Waals surface area contributed by atoms with Crippen LogP contribution in [0.5, 0.6) is 0 Å². The standard InChI is InChI=1S/C12H14BrN3O/c1-2-10-7-15-12(17-10)8-14-6-9-4-3-5-11(13)16-9/h3-5,7,14H,2,6,8H2,1H3. The van der Waals surface area contributed by atoms with Gasteiger partial charge in [0.1, 0.15) is 10.4 Å². The smallest absolute Gasteiger partial charge is 0.208 e. The highest BCUT2D eigenvalue weighted by Crippen LogP contribution is 2.07. The average Bonchev–Trinajstić information content (AvgIpc) is 2.77. The van der Waals surface area contributed by atoms with E-state index in [-0.39, 0.29) is 0 Å². The van der Waals surface area contributed by atoms with Crippen LogP contribution in [0.2, 0.25) is 0 Å². The fourth-order valence-electron chi connectivity index (χ4n) is 1.44. The summed E-state index contributed by atoms with van der Waals surface area (Å²) < 4.78 is 6.34. The number of aromatic nitrogens is 2. The number of pyridine rings is 1. The minimum atomic E-state index is 0.619. The maximum Gasteiger partial charge on any atom is 0.208 e. The summed E-state index contributed by atoms with van der Waals surface area (Å²) in [5.41, 5.74) is 0.988. The van der Waals surface area contributed by atoms with Crippen LogP contribution < -0.4 is 5.32 Å². The lowest BCUT2D eigenvalue weighted by atomic mass is 10.3. The number of hydrogen-bond acceptors (Lipinski definition) is 4. The lowest BCUT2D eigenvalue weighted by Crippen LogP contribution is -2.13. The minimum absolute atomic E-state index is 0.619. The van der Waals surface area contributed by atoms with Gasteiger partial charge in [0.2, 0.25) is 5.89 Å². The van der Waals surface area contributed by atoms with Crippen LogP contribution in [-0.4, -0.2) is 9.97 Å². The molecule has 90 valence electrons. The number of nitrogens with zero attached hydrogens (tertiary/aromatic N) is 2. The maximum absolute atomic E-state index is 5.49. The van der Waals surface area contributed by atoms with E-state index in [0.29, 0.717) is 13.1 Å². The van der Waals surface area contributed by atoms with E-state index in [4.69, 9.17) is 4.42 Å². The van der Waals surface area contributed by atoms with Crippen molar-refractivity contribution in [2.45, 2.75) is 26.4 Å². The molecule has 0 fully saturated rings. The van der Waals surface area contributed by atoms with Crippen LogP contribution in [0.4, 0.5) is 0 Å². The van der Waals surface area contributed by atoms with Gasteiger partial charge in [-0.1, -0.05) is 13.0 Å². The molecule has 0 unspecified atom stereocenters. The van der Waals surface area contributed by atoms with Crippen LogP contribution in [-0.2, 0) is 19.5 Å². The molecule has 0 aliphatic carbocycles. The Morgan fingerprint density at radius 1 is 1.35 bits per heavy atom. The molecule has 1 N–H and O–H groups in total. The molecule has 0 bridgehead atoms. The third kappa shape index (κ3) is 3.64. The van der Waals surface area contributed by atoms with Crippen molar-refractivity contribution >= 4 is 15.9 Å². The molecule has 2 aromatic heterocycles. The number of rotatable bonds is 5. The summed E-state index contributed by atoms with van der Waals surface area (Å²) in [7, 11) is 0. The molecule has 2 rings (SSSR count). The van der Waals surface area contributed by atoms with E-state index in [1.165, 1.54) is 0 Å². The predicted molar refractivity (Wildman–Crippen MR) is 68.4 cm³/mol. The normalized spacial score (nSPS) is 10.7. The van der Waals surface area contributed by atoms with E-state index in [9.17, 15) is 0 Å². The number of oxazole rings is 1. The molecule has 0 aliphatic heterocycles. The monoisotopic (exact) mass is 295 g/mol. The summed E-state index contributed by atoms with van der Waals surface area (Å²) in [6.07, 6.45) is 2.65. The van der Waals surface area contributed by atoms with Gasteiger partial charge in [-0.2, -0.15) is 0 Å². The molecular weight excluding hydrogens is 282 g/mol. The summed E-state index contributed by atoms with van der Waals surface area (Å²) in [5, 5.41) is 3.24. The lowest BCUT2D eigenvalue weighted by molar-refractivity contribution is 0.438. The second kappa shape index (κ2) is 5.93. The Balaban J connectivity index is 1.83. The van der Waals surface area contributed by atoms with Crippen molar-refractivity contribution in [3.63, 3.8) is 0 Å². The Morgan fingerprint density at radius 3 is 2.94 bits per heavy atom. The molecule has 0 radical (unpaired) electrons. The topological polar surface area (TPSA) is 51.0 Å². The first kappa shape index (κ1) is 12.3. The van der Waals surface area contributed by atoms with Crippen LogP contribution in [0.25, 0.3) is 0 Å². The molecule has 0 aliphatic rings. The van der Waals surface area contributed by atoms with Crippen molar-refractivity contribution in [3.8, 4) is 0 Å². The molecule has 0 amide bonds. The van der Waals surface area contributed by atoms with Gasteiger partial charge in [-0.05, 0) is 28.1 Å². The van der Waals surface area contributed by atoms with E-state index in [1.54, 1.807) is 6.20 Å². The molecule has 5 heteroatoms. The first-order chi connectivity index (χ1) is 8.28. The Kier molecular flexibility index (Phi) is 4.28. The second-order valence-corrected chi connectivity index (χ2v) is 4.44. The molecule has 0 aromatic carbocycles. The Morgan fingerprint density at radius 2 is 2.24 bits per heavy atom. The molecule has 0 atom stereocenters. The molecule has 2 heterocycles. The quantitative estimate of drug-likeness (QED) is 0.862. The highest BCUT2D eigenvalue weighted by molar-refractivity contribution is 9.10. The summed E-state index contributed by atoms with van der Waals surface area (Å²) in [5.74, 6) is 1.64. The fourth-order valence-corrected chi connectivity index (χ4v) is 1.82. The van der Waals surface area contributed by atoms with Crippen LogP contribution >= 0.6 is 15.9 Å². The van der Waals surface area contributed by atoms with Crippen LogP contribution in [0.15, 0.2) is 33.4 Å². The zero-order valence-corrected chi connectivity index (χ0v) is 11.2. The van der Waals surface area contributed by atoms with Gasteiger partial charge in [0.05, 0.1) is 18.4 Å². The van der Waals surface area contributed by atoms with Gasteiger partial charge in [0.25, 0.3) is 0 Å². The van der Waals surface area contributed by atoms with Gasteiger partial charge in [0.15, 0.2) is 0 Å². The number of halogens is 1. The third-order valence-corrected chi connectivity index (χ3v) is 2.75. The van der Waals surface area contributed by atoms with E-state index >= 15 is 0 Å². The van der Waals surface area contributed by atoms with Crippen LogP contribution in [0, 0.1) is 0 Å². The van der Waals surface area contributed by atoms with Gasteiger partial charge in [-0.25, -0.2) is 9.97 Å². The van der Waals surface area contributed by atoms with Crippen molar-refractivity contribution < 1.29 is 4.42 Å². The van der Waals surface area contributed by atoms with Gasteiger partial charge >= 0.3 is 0 Å². The van der Waals surface area contributed by atoms with Crippen LogP contribution in [0.3, 0.4) is 0 Å². The first-order valence-corrected chi connectivity index (χ1v) is 6.33. The molecule has 0 spiro atoms. The zero-order valence-electron chi connectivity index (χ0n) is 9.61. The lowest BCUT2D eigenvalue weighted by Gasteiger charge is -2.02. The highest BCUT2D eigenvalue weighted by atomic mass is 79.9. The molecule has 17 heavy (non-hydrogen) atoms. The van der Waals surface area contributed by atoms with Crippen molar-refractivity contribution in [2.24, 2.45) is 0 Å². The minimum Gasteiger partial charge on any atom is -0.444 e. The largest absolute Gasteiger partial charge is 0.444 e. The number of aryl methyl sites for hydroxylation is 1. The first-order valence-electron chi connectivity index (χ1n) is 5.53. The van der Waals surface area contributed by atoms with E-state index in [1.807, 2.05) is 25.1 Å². The summed E-state index contributed by atoms with van der Waals surface area (Å²) in [6, 6.07) is 5.85. The van der Waals surface area contributed by atoms with Crippen molar-refractivity contribution in [2.75, 3.05) is 0 Å². The molecule has 2 aromatic rings. The van der Waals surface area contributed by atoms with Gasteiger partial charge in [-0.15, -0.1) is 0 Å². The average molecular weight is 296 g/mol. The summed E-state index contributed by atoms with van der Waals surface area (Å²) >= 11 is 3.34. The summed E-state index contributed by atoms with van der Waals surface area (Å²) in [4.78, 5) is 8.51. The maximum atomic E-state index is 5.49. The van der Waals surface area contributed by atoms with E-state index in [0.717, 1.165) is 28.4 Å². The van der Waals surface area contributed by atoms with Gasteiger partial charge < -0.3 is 9.73 Å². The van der Waals surface area contributed by atoms with Crippen molar-refractivity contribution in [1.82, 2.24) is 15.3 Å². The molecule has 0 saturated carbocycles. The summed E-state index contributed by atoms with van der Waals surface area (Å²) in [6.45, 7) is 3.36. The Hall–Kier alpha value is -1.20. The predicted octanol–water partition coefficient (Wildman–Crippen LogP) is 2.68. The number of nitrogens with one attached hydrogen (secondary N) is 1. The second-order valence-electron chi connectivity index (χ2n) is 3.63. The Bertz CT molecular complexity index is 484. The SMILES string of the molecule is CCc1cnc(CNCc2cccc(Br)n2)o1. The third-order valence-electron chi connectivity index (χ3n) is 2.31. The highest BCUT2D eigenvalue weighted by Gasteiger charge is 2.02. The van der Waals surface area contributed by atoms with Gasteiger partial charge in [0, 0.05) is 13.0 Å². The Labute approximate surface area is 109 Å². The van der Waals surface area contributed by atoms with Crippen LogP contribution in [0.1, 0.15) is 24.3 Å². The van der Waals surface area contributed by atoms with Crippen molar-refractivity contribution in [1.29, 1.82) is 0 Å². The van der Waals surface area contributed by atoms with Gasteiger partial charge in [-0.3, -0.25) is 0 Å². The zero-order chi connectivity index (χ0) is 12.1. The van der Waals surface area contributed by atoms with E-state index < -0.39 is 0 Å². The molecular formula is C12H14BrN3O. The fraction of sp³-hybridized carbons (Fsp3) is 0.333. The van der Waals surface area contributed by atoms with Crippen molar-refractivity contribution in [3.05, 3.63) is 46.3 Å².